The van der Waals surface area contributed by atoms with Gasteiger partial charge in [-0.2, -0.15) is 0 Å². The first-order valence-corrected chi connectivity index (χ1v) is 6.94. The van der Waals surface area contributed by atoms with Crippen LogP contribution >= 0.6 is 0 Å². The zero-order chi connectivity index (χ0) is 14.6. The van der Waals surface area contributed by atoms with Gasteiger partial charge in [-0.05, 0) is 28.7 Å². The Morgan fingerprint density at radius 2 is 1.75 bits per heavy atom. The zero-order valence-corrected chi connectivity index (χ0v) is 12.5. The molecule has 2 rings (SSSR count). The molecule has 0 aliphatic rings. The molecule has 2 aromatic rings. The largest absolute Gasteiger partial charge is 0.488 e. The van der Waals surface area contributed by atoms with Crippen molar-refractivity contribution in [3.05, 3.63) is 71.8 Å². The second kappa shape index (κ2) is 5.96. The van der Waals surface area contributed by atoms with Crippen molar-refractivity contribution < 1.29 is 4.74 Å². The molecule has 0 atom stereocenters. The first-order chi connectivity index (χ1) is 9.50. The third kappa shape index (κ3) is 3.51. The number of ether oxygens (including phenoxy) is 1. The summed E-state index contributed by atoms with van der Waals surface area (Å²) in [6.45, 7) is 11.1. The highest BCUT2D eigenvalue weighted by Gasteiger charge is 2.15. The molecule has 20 heavy (non-hydrogen) atoms. The molecule has 0 aliphatic heterocycles. The molecule has 1 nitrogen and oxygen atoms in total. The first-order valence-electron chi connectivity index (χ1n) is 6.94. The van der Waals surface area contributed by atoms with Gasteiger partial charge in [-0.1, -0.05) is 69.8 Å². The van der Waals surface area contributed by atoms with E-state index in [1.54, 1.807) is 0 Å². The molecule has 0 unspecified atom stereocenters. The third-order valence-electron chi connectivity index (χ3n) is 3.33. The minimum Gasteiger partial charge on any atom is -0.488 e. The highest BCUT2D eigenvalue weighted by atomic mass is 16.5. The molecule has 0 saturated carbocycles. The zero-order valence-electron chi connectivity index (χ0n) is 12.5. The number of benzene rings is 2. The summed E-state index contributed by atoms with van der Waals surface area (Å²) in [5.41, 5.74) is 3.64. The van der Waals surface area contributed by atoms with Crippen LogP contribution in [0.4, 0.5) is 0 Å². The van der Waals surface area contributed by atoms with Gasteiger partial charge < -0.3 is 4.74 Å². The normalized spacial score (nSPS) is 11.2. The topological polar surface area (TPSA) is 9.23 Å². The Kier molecular flexibility index (Phi) is 4.29. The van der Waals surface area contributed by atoms with E-state index in [-0.39, 0.29) is 5.41 Å². The lowest BCUT2D eigenvalue weighted by Crippen LogP contribution is -2.11. The van der Waals surface area contributed by atoms with Gasteiger partial charge in [0.05, 0.1) is 0 Å². The average molecular weight is 266 g/mol. The van der Waals surface area contributed by atoms with E-state index in [9.17, 15) is 0 Å². The fourth-order valence-electron chi connectivity index (χ4n) is 2.04. The highest BCUT2D eigenvalue weighted by Crippen LogP contribution is 2.29. The van der Waals surface area contributed by atoms with Gasteiger partial charge in [-0.3, -0.25) is 0 Å². The Balaban J connectivity index is 2.18. The van der Waals surface area contributed by atoms with Crippen molar-refractivity contribution in [2.75, 3.05) is 0 Å². The highest BCUT2D eigenvalue weighted by molar-refractivity contribution is 5.57. The summed E-state index contributed by atoms with van der Waals surface area (Å²) in [6, 6.07) is 16.5. The van der Waals surface area contributed by atoms with Gasteiger partial charge in [0.1, 0.15) is 12.4 Å². The average Bonchev–Trinajstić information content (AvgIpc) is 2.45. The lowest BCUT2D eigenvalue weighted by atomic mass is 9.86. The number of hydrogen-bond acceptors (Lipinski definition) is 1. The van der Waals surface area contributed by atoms with Gasteiger partial charge in [0, 0.05) is 5.56 Å². The molecule has 2 aromatic carbocycles. The molecule has 0 aromatic heterocycles. The van der Waals surface area contributed by atoms with Gasteiger partial charge in [0.2, 0.25) is 0 Å². The van der Waals surface area contributed by atoms with Crippen LogP contribution in [-0.4, -0.2) is 0 Å². The molecule has 0 fully saturated rings. The summed E-state index contributed by atoms with van der Waals surface area (Å²) in [5, 5.41) is 0. The molecule has 0 saturated heterocycles. The van der Waals surface area contributed by atoms with E-state index in [4.69, 9.17) is 4.74 Å². The van der Waals surface area contributed by atoms with Crippen LogP contribution in [0.2, 0.25) is 0 Å². The maximum absolute atomic E-state index is 5.91. The van der Waals surface area contributed by atoms with E-state index in [1.165, 1.54) is 11.1 Å². The molecule has 0 amide bonds. The van der Waals surface area contributed by atoms with Crippen molar-refractivity contribution in [1.82, 2.24) is 0 Å². The molecule has 0 aliphatic carbocycles. The molecule has 0 heterocycles. The fourth-order valence-corrected chi connectivity index (χ4v) is 2.04. The van der Waals surface area contributed by atoms with Crippen molar-refractivity contribution in [2.24, 2.45) is 0 Å². The smallest absolute Gasteiger partial charge is 0.127 e. The molecule has 0 N–H and O–H groups in total. The predicted octanol–water partition coefficient (Wildman–Crippen LogP) is 5.21. The minimum absolute atomic E-state index is 0.135. The van der Waals surface area contributed by atoms with Gasteiger partial charge in [-0.25, -0.2) is 0 Å². The molecular weight excluding hydrogens is 244 g/mol. The van der Waals surface area contributed by atoms with Crippen molar-refractivity contribution in [1.29, 1.82) is 0 Å². The Hall–Kier alpha value is -2.02. The number of rotatable bonds is 4. The Bertz CT molecular complexity index is 576. The van der Waals surface area contributed by atoms with Crippen LogP contribution in [0.1, 0.15) is 37.5 Å². The van der Waals surface area contributed by atoms with Crippen LogP contribution in [0, 0.1) is 0 Å². The van der Waals surface area contributed by atoms with E-state index in [0.29, 0.717) is 6.61 Å². The minimum atomic E-state index is 0.135. The van der Waals surface area contributed by atoms with E-state index >= 15 is 0 Å². The summed E-state index contributed by atoms with van der Waals surface area (Å²) < 4.78 is 5.91. The second-order valence-corrected chi connectivity index (χ2v) is 5.98. The Morgan fingerprint density at radius 3 is 2.35 bits per heavy atom. The van der Waals surface area contributed by atoms with Gasteiger partial charge in [0.25, 0.3) is 0 Å². The fraction of sp³-hybridized carbons (Fsp3) is 0.263. The van der Waals surface area contributed by atoms with E-state index in [1.807, 2.05) is 30.3 Å². The van der Waals surface area contributed by atoms with Crippen LogP contribution < -0.4 is 4.74 Å². The molecule has 0 radical (unpaired) electrons. The van der Waals surface area contributed by atoms with Crippen LogP contribution in [0.15, 0.2) is 55.1 Å². The maximum Gasteiger partial charge on any atom is 0.127 e. The van der Waals surface area contributed by atoms with Crippen LogP contribution in [-0.2, 0) is 12.0 Å². The van der Waals surface area contributed by atoms with E-state index in [0.717, 1.165) is 11.3 Å². The summed E-state index contributed by atoms with van der Waals surface area (Å²) in [4.78, 5) is 0. The van der Waals surface area contributed by atoms with Crippen molar-refractivity contribution >= 4 is 6.08 Å². The predicted molar refractivity (Wildman–Crippen MR) is 86.0 cm³/mol. The van der Waals surface area contributed by atoms with E-state index in [2.05, 4.69) is 51.6 Å². The standard InChI is InChI=1S/C19H22O/c1-5-16-13-17(19(2,3)4)11-12-18(16)20-14-15-9-7-6-8-10-15/h5-13H,1,14H2,2-4H3. The first kappa shape index (κ1) is 14.4. The van der Waals surface area contributed by atoms with Crippen LogP contribution in [0.3, 0.4) is 0 Å². The molecular formula is C19H22O. The van der Waals surface area contributed by atoms with Crippen LogP contribution in [0.25, 0.3) is 6.08 Å². The van der Waals surface area contributed by atoms with Gasteiger partial charge in [-0.15, -0.1) is 0 Å². The van der Waals surface area contributed by atoms with Crippen LogP contribution in [0.5, 0.6) is 5.75 Å². The third-order valence-corrected chi connectivity index (χ3v) is 3.33. The Morgan fingerprint density at radius 1 is 1.05 bits per heavy atom. The second-order valence-electron chi connectivity index (χ2n) is 5.98. The molecule has 104 valence electrons. The lowest BCUT2D eigenvalue weighted by Gasteiger charge is -2.20. The summed E-state index contributed by atoms with van der Waals surface area (Å²) >= 11 is 0. The van der Waals surface area contributed by atoms with Crippen molar-refractivity contribution in [3.8, 4) is 5.75 Å². The maximum atomic E-state index is 5.91. The molecule has 0 spiro atoms. The van der Waals surface area contributed by atoms with Gasteiger partial charge >= 0.3 is 0 Å². The Labute approximate surface area is 121 Å². The molecule has 1 heteroatoms. The summed E-state index contributed by atoms with van der Waals surface area (Å²) in [5.74, 6) is 0.886. The lowest BCUT2D eigenvalue weighted by molar-refractivity contribution is 0.305. The van der Waals surface area contributed by atoms with Gasteiger partial charge in [0.15, 0.2) is 0 Å². The van der Waals surface area contributed by atoms with Crippen molar-refractivity contribution in [3.63, 3.8) is 0 Å². The summed E-state index contributed by atoms with van der Waals surface area (Å²) in [7, 11) is 0. The molecule has 0 bridgehead atoms. The summed E-state index contributed by atoms with van der Waals surface area (Å²) in [6.07, 6.45) is 1.86. The number of hydrogen-bond donors (Lipinski definition) is 0. The monoisotopic (exact) mass is 266 g/mol. The SMILES string of the molecule is C=Cc1cc(C(C)(C)C)ccc1OCc1ccccc1. The van der Waals surface area contributed by atoms with Crippen molar-refractivity contribution in [2.45, 2.75) is 32.8 Å². The quantitative estimate of drug-likeness (QED) is 0.738. The van der Waals surface area contributed by atoms with E-state index < -0.39 is 0 Å².